The smallest absolute Gasteiger partial charge is 0.282 e. The molecule has 0 aliphatic rings. The number of carbonyl (C=O) groups excluding carboxylic acids is 2. The predicted octanol–water partition coefficient (Wildman–Crippen LogP) is 2.53. The van der Waals surface area contributed by atoms with Crippen LogP contribution in [-0.4, -0.2) is 27.2 Å². The van der Waals surface area contributed by atoms with Crippen LogP contribution in [0.25, 0.3) is 21.3 Å². The van der Waals surface area contributed by atoms with Gasteiger partial charge in [-0.2, -0.15) is 0 Å². The third kappa shape index (κ3) is 4.48. The van der Waals surface area contributed by atoms with Gasteiger partial charge in [0.05, 0.1) is 11.1 Å². The van der Waals surface area contributed by atoms with Gasteiger partial charge < -0.3 is 5.84 Å². The quantitative estimate of drug-likeness (QED) is 0.179. The molecule has 0 saturated heterocycles. The molecule has 162 valence electrons. The largest absolute Gasteiger partial charge is 0.334 e. The van der Waals surface area contributed by atoms with Gasteiger partial charge >= 0.3 is 0 Å². The molecule has 0 fully saturated rings. The van der Waals surface area contributed by atoms with Gasteiger partial charge in [0.15, 0.2) is 5.16 Å². The van der Waals surface area contributed by atoms with Crippen molar-refractivity contribution in [1.29, 1.82) is 0 Å². The molecule has 0 aliphatic heterocycles. The number of amides is 2. The van der Waals surface area contributed by atoms with E-state index in [0.29, 0.717) is 10.2 Å². The number of hydrazine groups is 1. The lowest BCUT2D eigenvalue weighted by atomic mass is 10.1. The van der Waals surface area contributed by atoms with E-state index >= 15 is 0 Å². The molecule has 32 heavy (non-hydrogen) atoms. The highest BCUT2D eigenvalue weighted by Crippen LogP contribution is 2.31. The second-order valence-electron chi connectivity index (χ2n) is 6.56. The Morgan fingerprint density at radius 3 is 2.53 bits per heavy atom. The Morgan fingerprint density at radius 2 is 1.81 bits per heavy atom. The first kappa shape index (κ1) is 21.5. The number of carbonyl (C=O) groups is 2. The lowest BCUT2D eigenvalue weighted by molar-refractivity contribution is -0.119. The summed E-state index contributed by atoms with van der Waals surface area (Å²) in [4.78, 5) is 41.9. The third-order valence-electron chi connectivity index (χ3n) is 4.45. The zero-order valence-electron chi connectivity index (χ0n) is 16.4. The number of halogens is 1. The summed E-state index contributed by atoms with van der Waals surface area (Å²) in [7, 11) is 0. The van der Waals surface area contributed by atoms with Crippen LogP contribution in [0.15, 0.2) is 69.9 Å². The molecule has 4 aromatic rings. The van der Waals surface area contributed by atoms with Crippen molar-refractivity contribution in [3.8, 4) is 11.1 Å². The lowest BCUT2D eigenvalue weighted by Crippen LogP contribution is -2.42. The highest BCUT2D eigenvalue weighted by atomic mass is 32.2. The molecule has 0 spiro atoms. The Bertz CT molecular complexity index is 1350. The van der Waals surface area contributed by atoms with Crippen LogP contribution in [0, 0.1) is 5.82 Å². The molecule has 2 aromatic heterocycles. The van der Waals surface area contributed by atoms with Crippen molar-refractivity contribution < 1.29 is 14.0 Å². The first-order valence-corrected chi connectivity index (χ1v) is 11.1. The normalized spacial score (nSPS) is 10.8. The fourth-order valence-corrected chi connectivity index (χ4v) is 4.59. The van der Waals surface area contributed by atoms with E-state index < -0.39 is 23.2 Å². The fourth-order valence-electron chi connectivity index (χ4n) is 2.88. The molecule has 8 nitrogen and oxygen atoms in total. The maximum Gasteiger partial charge on any atom is 0.282 e. The molecule has 11 heteroatoms. The van der Waals surface area contributed by atoms with Crippen molar-refractivity contribution >= 4 is 45.1 Å². The molecule has 2 amide bonds. The molecule has 0 bridgehead atoms. The van der Waals surface area contributed by atoms with Gasteiger partial charge in [-0.25, -0.2) is 14.1 Å². The second kappa shape index (κ2) is 9.20. The SMILES string of the molecule is Nn1c(SCC(=O)NNC(=O)c2ccc(F)cc2)nc2scc(-c3ccccc3)c2c1=O. The Kier molecular flexibility index (Phi) is 6.19. The summed E-state index contributed by atoms with van der Waals surface area (Å²) >= 11 is 2.27. The van der Waals surface area contributed by atoms with Crippen molar-refractivity contribution in [1.82, 2.24) is 20.5 Å². The van der Waals surface area contributed by atoms with E-state index in [9.17, 15) is 18.8 Å². The maximum absolute atomic E-state index is 12.9. The zero-order chi connectivity index (χ0) is 22.7. The molecule has 0 radical (unpaired) electrons. The van der Waals surface area contributed by atoms with Crippen LogP contribution in [0.2, 0.25) is 0 Å². The first-order chi connectivity index (χ1) is 15.4. The number of hydrogen-bond donors (Lipinski definition) is 3. The summed E-state index contributed by atoms with van der Waals surface area (Å²) < 4.78 is 13.8. The minimum atomic E-state index is -0.592. The summed E-state index contributed by atoms with van der Waals surface area (Å²) in [6.45, 7) is 0. The molecule has 0 atom stereocenters. The van der Waals surface area contributed by atoms with Gasteiger partial charge in [0.2, 0.25) is 5.91 Å². The standard InChI is InChI=1S/C21H16FN5O3S2/c22-14-8-6-13(7-9-14)18(29)26-25-16(28)11-32-21-24-19-17(20(30)27(21)23)15(10-31-19)12-4-2-1-3-5-12/h1-10H,11,23H2,(H,25,28)(H,26,29). The highest BCUT2D eigenvalue weighted by molar-refractivity contribution is 7.99. The Labute approximate surface area is 189 Å². The minimum Gasteiger partial charge on any atom is -0.334 e. The van der Waals surface area contributed by atoms with E-state index in [0.717, 1.165) is 39.7 Å². The molecule has 4 rings (SSSR count). The van der Waals surface area contributed by atoms with E-state index in [4.69, 9.17) is 5.84 Å². The van der Waals surface area contributed by atoms with Gasteiger partial charge in [0.1, 0.15) is 10.6 Å². The summed E-state index contributed by atoms with van der Waals surface area (Å²) in [5.74, 6) is 4.21. The zero-order valence-corrected chi connectivity index (χ0v) is 18.0. The molecule has 0 unspecified atom stereocenters. The van der Waals surface area contributed by atoms with E-state index in [-0.39, 0.29) is 16.5 Å². The summed E-state index contributed by atoms with van der Waals surface area (Å²) in [5, 5.41) is 2.44. The van der Waals surface area contributed by atoms with E-state index in [2.05, 4.69) is 15.8 Å². The average molecular weight is 470 g/mol. The van der Waals surface area contributed by atoms with Gasteiger partial charge in [-0.05, 0) is 29.8 Å². The average Bonchev–Trinajstić information content (AvgIpc) is 3.24. The number of nitrogens with one attached hydrogen (secondary N) is 2. The molecule has 2 aromatic carbocycles. The second-order valence-corrected chi connectivity index (χ2v) is 8.36. The molecule has 0 aliphatic carbocycles. The van der Waals surface area contributed by atoms with E-state index in [1.165, 1.54) is 23.5 Å². The number of nitrogen functional groups attached to an aromatic ring is 1. The Morgan fingerprint density at radius 1 is 1.09 bits per heavy atom. The number of fused-ring (bicyclic) bond motifs is 1. The summed E-state index contributed by atoms with van der Waals surface area (Å²) in [6.07, 6.45) is 0. The van der Waals surface area contributed by atoms with Crippen LogP contribution in [0.4, 0.5) is 4.39 Å². The van der Waals surface area contributed by atoms with E-state index in [1.807, 2.05) is 35.7 Å². The van der Waals surface area contributed by atoms with Gasteiger partial charge in [-0.15, -0.1) is 11.3 Å². The Balaban J connectivity index is 1.44. The van der Waals surface area contributed by atoms with Crippen LogP contribution in [-0.2, 0) is 4.79 Å². The molecule has 4 N–H and O–H groups in total. The molecule has 2 heterocycles. The number of nitrogens with two attached hydrogens (primary N) is 1. The van der Waals surface area contributed by atoms with Gasteiger partial charge in [-0.1, -0.05) is 42.1 Å². The number of rotatable bonds is 5. The van der Waals surface area contributed by atoms with Gasteiger partial charge in [-0.3, -0.25) is 25.2 Å². The number of hydrogen-bond acceptors (Lipinski definition) is 7. The van der Waals surface area contributed by atoms with Crippen molar-refractivity contribution in [2.24, 2.45) is 0 Å². The van der Waals surface area contributed by atoms with E-state index in [1.54, 1.807) is 0 Å². The first-order valence-electron chi connectivity index (χ1n) is 9.26. The van der Waals surface area contributed by atoms with Crippen LogP contribution >= 0.6 is 23.1 Å². The number of benzene rings is 2. The number of thiophene rings is 1. The van der Waals surface area contributed by atoms with Crippen LogP contribution in [0.1, 0.15) is 10.4 Å². The third-order valence-corrected chi connectivity index (χ3v) is 6.27. The number of aromatic nitrogens is 2. The monoisotopic (exact) mass is 469 g/mol. The molecule has 0 saturated carbocycles. The van der Waals surface area contributed by atoms with Crippen molar-refractivity contribution in [2.45, 2.75) is 5.16 Å². The lowest BCUT2D eigenvalue weighted by Gasteiger charge is -2.09. The van der Waals surface area contributed by atoms with Crippen molar-refractivity contribution in [3.63, 3.8) is 0 Å². The van der Waals surface area contributed by atoms with Gasteiger partial charge in [0.25, 0.3) is 11.5 Å². The van der Waals surface area contributed by atoms with Crippen LogP contribution in [0.5, 0.6) is 0 Å². The maximum atomic E-state index is 12.9. The van der Waals surface area contributed by atoms with Crippen LogP contribution in [0.3, 0.4) is 0 Å². The minimum absolute atomic E-state index is 0.143. The molecular weight excluding hydrogens is 453 g/mol. The number of thioether (sulfide) groups is 1. The van der Waals surface area contributed by atoms with Crippen LogP contribution < -0.4 is 22.3 Å². The highest BCUT2D eigenvalue weighted by Gasteiger charge is 2.17. The van der Waals surface area contributed by atoms with Crippen molar-refractivity contribution in [2.75, 3.05) is 11.6 Å². The van der Waals surface area contributed by atoms with Gasteiger partial charge in [0, 0.05) is 16.5 Å². The Hall–Kier alpha value is -3.70. The summed E-state index contributed by atoms with van der Waals surface area (Å²) in [5.41, 5.74) is 5.90. The number of nitrogens with zero attached hydrogens (tertiary/aromatic N) is 2. The summed E-state index contributed by atoms with van der Waals surface area (Å²) in [6, 6.07) is 14.3. The predicted molar refractivity (Wildman–Crippen MR) is 122 cm³/mol. The fraction of sp³-hybridized carbons (Fsp3) is 0.0476. The van der Waals surface area contributed by atoms with Crippen molar-refractivity contribution in [3.05, 3.63) is 81.7 Å². The topological polar surface area (TPSA) is 119 Å². The molecular formula is C21H16FN5O3S2.